The SMILES string of the molecule is Cc1cccc(NC(N)=NCc2ccc(Cl)cc2Cl)c1.I. The second kappa shape index (κ2) is 8.46. The number of aryl methyl sites for hydroxylation is 1. The lowest BCUT2D eigenvalue weighted by molar-refractivity contribution is 1.06. The van der Waals surface area contributed by atoms with Crippen molar-refractivity contribution in [3.8, 4) is 0 Å². The van der Waals surface area contributed by atoms with E-state index in [0.717, 1.165) is 16.8 Å². The molecule has 0 aliphatic rings. The van der Waals surface area contributed by atoms with Gasteiger partial charge in [0.05, 0.1) is 6.54 Å². The summed E-state index contributed by atoms with van der Waals surface area (Å²) in [5.41, 5.74) is 8.80. The van der Waals surface area contributed by atoms with Gasteiger partial charge in [-0.2, -0.15) is 0 Å². The van der Waals surface area contributed by atoms with Crippen molar-refractivity contribution in [1.29, 1.82) is 0 Å². The lowest BCUT2D eigenvalue weighted by Gasteiger charge is -2.07. The van der Waals surface area contributed by atoms with Crippen molar-refractivity contribution < 1.29 is 0 Å². The molecule has 0 saturated carbocycles. The maximum atomic E-state index is 6.08. The third-order valence-corrected chi connectivity index (χ3v) is 3.31. The van der Waals surface area contributed by atoms with E-state index >= 15 is 0 Å². The number of aliphatic imine (C=N–C) groups is 1. The lowest BCUT2D eigenvalue weighted by atomic mass is 10.2. The molecule has 0 atom stereocenters. The Kier molecular flexibility index (Phi) is 7.28. The van der Waals surface area contributed by atoms with Crippen LogP contribution in [0, 0.1) is 6.92 Å². The number of nitrogens with two attached hydrogens (primary N) is 1. The summed E-state index contributed by atoms with van der Waals surface area (Å²) in [5.74, 6) is 0.349. The van der Waals surface area contributed by atoms with E-state index in [0.29, 0.717) is 22.5 Å². The molecule has 2 rings (SSSR count). The van der Waals surface area contributed by atoms with Crippen LogP contribution in [-0.2, 0) is 6.54 Å². The fraction of sp³-hybridized carbons (Fsp3) is 0.133. The van der Waals surface area contributed by atoms with Crippen LogP contribution in [-0.4, -0.2) is 5.96 Å². The van der Waals surface area contributed by atoms with Gasteiger partial charge in [0.2, 0.25) is 0 Å². The van der Waals surface area contributed by atoms with Crippen molar-refractivity contribution in [3.63, 3.8) is 0 Å². The third kappa shape index (κ3) is 5.73. The van der Waals surface area contributed by atoms with Crippen molar-refractivity contribution >= 4 is 58.8 Å². The number of nitrogens with zero attached hydrogens (tertiary/aromatic N) is 1. The molecule has 0 radical (unpaired) electrons. The molecule has 0 fully saturated rings. The van der Waals surface area contributed by atoms with Crippen LogP contribution in [0.4, 0.5) is 5.69 Å². The van der Waals surface area contributed by atoms with E-state index < -0.39 is 0 Å². The number of halogens is 3. The van der Waals surface area contributed by atoms with Crippen molar-refractivity contribution in [2.75, 3.05) is 5.32 Å². The first-order valence-electron chi connectivity index (χ1n) is 6.12. The molecule has 0 saturated heterocycles. The highest BCUT2D eigenvalue weighted by molar-refractivity contribution is 14.0. The number of hydrogen-bond donors (Lipinski definition) is 2. The minimum atomic E-state index is 0. The fourth-order valence-electron chi connectivity index (χ4n) is 1.73. The Balaban J connectivity index is 0.00000220. The van der Waals surface area contributed by atoms with E-state index in [2.05, 4.69) is 10.3 Å². The zero-order valence-electron chi connectivity index (χ0n) is 11.4. The first-order chi connectivity index (χ1) is 9.54. The van der Waals surface area contributed by atoms with Gasteiger partial charge in [-0.15, -0.1) is 24.0 Å². The molecule has 21 heavy (non-hydrogen) atoms. The first kappa shape index (κ1) is 18.1. The summed E-state index contributed by atoms with van der Waals surface area (Å²) in [4.78, 5) is 4.27. The number of hydrogen-bond acceptors (Lipinski definition) is 1. The Morgan fingerprint density at radius 2 is 1.95 bits per heavy atom. The van der Waals surface area contributed by atoms with Crippen LogP contribution < -0.4 is 11.1 Å². The molecule has 2 aromatic rings. The summed E-state index contributed by atoms with van der Waals surface area (Å²) in [6.45, 7) is 2.42. The molecule has 0 unspecified atom stereocenters. The third-order valence-electron chi connectivity index (χ3n) is 2.73. The minimum Gasteiger partial charge on any atom is -0.370 e. The topological polar surface area (TPSA) is 50.4 Å². The van der Waals surface area contributed by atoms with Crippen molar-refractivity contribution in [3.05, 3.63) is 63.6 Å². The largest absolute Gasteiger partial charge is 0.370 e. The van der Waals surface area contributed by atoms with Gasteiger partial charge >= 0.3 is 0 Å². The van der Waals surface area contributed by atoms with Crippen molar-refractivity contribution in [2.45, 2.75) is 13.5 Å². The smallest absolute Gasteiger partial charge is 0.193 e. The molecule has 0 aromatic heterocycles. The molecule has 3 N–H and O–H groups in total. The second-order valence-corrected chi connectivity index (χ2v) is 5.28. The van der Waals surface area contributed by atoms with Gasteiger partial charge in [0.25, 0.3) is 0 Å². The van der Waals surface area contributed by atoms with Crippen molar-refractivity contribution in [2.24, 2.45) is 10.7 Å². The molecular weight excluding hydrogens is 420 g/mol. The molecule has 0 aliphatic heterocycles. The van der Waals surface area contributed by atoms with Gasteiger partial charge in [-0.3, -0.25) is 0 Å². The number of rotatable bonds is 3. The summed E-state index contributed by atoms with van der Waals surface area (Å²) >= 11 is 11.9. The van der Waals surface area contributed by atoms with E-state index in [-0.39, 0.29) is 24.0 Å². The van der Waals surface area contributed by atoms with Gasteiger partial charge < -0.3 is 11.1 Å². The van der Waals surface area contributed by atoms with E-state index in [1.165, 1.54) is 0 Å². The molecule has 0 bridgehead atoms. The molecule has 3 nitrogen and oxygen atoms in total. The number of benzene rings is 2. The summed E-state index contributed by atoms with van der Waals surface area (Å²) < 4.78 is 0. The molecular formula is C15H16Cl2IN3. The Hall–Kier alpha value is -0.980. The quantitative estimate of drug-likeness (QED) is 0.411. The Bertz CT molecular complexity index is 645. The monoisotopic (exact) mass is 435 g/mol. The molecule has 0 amide bonds. The molecule has 0 aliphatic carbocycles. The summed E-state index contributed by atoms with van der Waals surface area (Å²) in [6.07, 6.45) is 0. The summed E-state index contributed by atoms with van der Waals surface area (Å²) in [6, 6.07) is 13.2. The Labute approximate surface area is 151 Å². The normalized spacial score (nSPS) is 10.9. The van der Waals surface area contributed by atoms with Crippen LogP contribution in [0.25, 0.3) is 0 Å². The van der Waals surface area contributed by atoms with Gasteiger partial charge in [0.15, 0.2) is 5.96 Å². The number of guanidine groups is 1. The van der Waals surface area contributed by atoms with Crippen LogP contribution in [0.5, 0.6) is 0 Å². The Morgan fingerprint density at radius 3 is 2.62 bits per heavy atom. The van der Waals surface area contributed by atoms with Gasteiger partial charge in [0.1, 0.15) is 0 Å². The molecule has 0 heterocycles. The number of anilines is 1. The van der Waals surface area contributed by atoms with E-state index in [9.17, 15) is 0 Å². The summed E-state index contributed by atoms with van der Waals surface area (Å²) in [5, 5.41) is 4.24. The lowest BCUT2D eigenvalue weighted by Crippen LogP contribution is -2.22. The maximum Gasteiger partial charge on any atom is 0.193 e. The molecule has 0 spiro atoms. The average Bonchev–Trinajstić information content (AvgIpc) is 2.37. The minimum absolute atomic E-state index is 0. The second-order valence-electron chi connectivity index (χ2n) is 4.43. The van der Waals surface area contributed by atoms with E-state index in [4.69, 9.17) is 28.9 Å². The average molecular weight is 436 g/mol. The standard InChI is InChI=1S/C15H15Cl2N3.HI/c1-10-3-2-4-13(7-10)20-15(18)19-9-11-5-6-12(16)8-14(11)17;/h2-8H,9H2,1H3,(H3,18,19,20);1H. The molecule has 2 aromatic carbocycles. The first-order valence-corrected chi connectivity index (χ1v) is 6.88. The predicted octanol–water partition coefficient (Wildman–Crippen LogP) is 4.85. The summed E-state index contributed by atoms with van der Waals surface area (Å²) in [7, 11) is 0. The van der Waals surface area contributed by atoms with Crippen LogP contribution in [0.15, 0.2) is 47.5 Å². The highest BCUT2D eigenvalue weighted by Gasteiger charge is 2.01. The van der Waals surface area contributed by atoms with Crippen molar-refractivity contribution in [1.82, 2.24) is 0 Å². The van der Waals surface area contributed by atoms with Gasteiger partial charge in [0, 0.05) is 15.7 Å². The molecule has 6 heteroatoms. The van der Waals surface area contributed by atoms with Gasteiger partial charge in [-0.05, 0) is 42.3 Å². The van der Waals surface area contributed by atoms with Crippen LogP contribution in [0.3, 0.4) is 0 Å². The van der Waals surface area contributed by atoms with Crippen LogP contribution in [0.2, 0.25) is 10.0 Å². The number of nitrogens with one attached hydrogen (secondary N) is 1. The van der Waals surface area contributed by atoms with Gasteiger partial charge in [-0.1, -0.05) is 41.4 Å². The molecule has 112 valence electrons. The Morgan fingerprint density at radius 1 is 1.19 bits per heavy atom. The van der Waals surface area contributed by atoms with Crippen LogP contribution in [0.1, 0.15) is 11.1 Å². The van der Waals surface area contributed by atoms with E-state index in [1.807, 2.05) is 37.3 Å². The van der Waals surface area contributed by atoms with E-state index in [1.54, 1.807) is 12.1 Å². The zero-order chi connectivity index (χ0) is 14.5. The maximum absolute atomic E-state index is 6.08. The highest BCUT2D eigenvalue weighted by Crippen LogP contribution is 2.21. The highest BCUT2D eigenvalue weighted by atomic mass is 127. The predicted molar refractivity (Wildman–Crippen MR) is 102 cm³/mol. The zero-order valence-corrected chi connectivity index (χ0v) is 15.3. The fourth-order valence-corrected chi connectivity index (χ4v) is 2.20. The van der Waals surface area contributed by atoms with Crippen LogP contribution >= 0.6 is 47.2 Å². The van der Waals surface area contributed by atoms with Gasteiger partial charge in [-0.25, -0.2) is 4.99 Å².